The van der Waals surface area contributed by atoms with Crippen LogP contribution in [0.4, 0.5) is 5.69 Å². The fourth-order valence-electron chi connectivity index (χ4n) is 3.23. The van der Waals surface area contributed by atoms with Gasteiger partial charge >= 0.3 is 0 Å². The molecule has 2 aromatic carbocycles. The van der Waals surface area contributed by atoms with Crippen molar-refractivity contribution in [2.45, 2.75) is 6.04 Å². The Balaban J connectivity index is 1.60. The van der Waals surface area contributed by atoms with Crippen molar-refractivity contribution in [3.05, 3.63) is 88.2 Å². The number of nitrogens with one attached hydrogen (secondary N) is 3. The zero-order chi connectivity index (χ0) is 20.4. The third-order valence-electron chi connectivity index (χ3n) is 4.75. The molecule has 4 N–H and O–H groups in total. The van der Waals surface area contributed by atoms with Crippen molar-refractivity contribution in [1.29, 1.82) is 0 Å². The molecule has 1 atom stereocenters. The van der Waals surface area contributed by atoms with Gasteiger partial charge in [0.15, 0.2) is 0 Å². The third-order valence-corrected chi connectivity index (χ3v) is 5.00. The molecule has 6 nitrogen and oxygen atoms in total. The maximum absolute atomic E-state index is 12.8. The van der Waals surface area contributed by atoms with Crippen LogP contribution < -0.4 is 10.6 Å². The minimum absolute atomic E-state index is 0.221. The van der Waals surface area contributed by atoms with Crippen LogP contribution in [-0.4, -0.2) is 28.5 Å². The molecule has 2 heterocycles. The fraction of sp³-hybridized carbons (Fsp3) is 0.0909. The van der Waals surface area contributed by atoms with E-state index >= 15 is 0 Å². The number of hydrogen-bond donors (Lipinski definition) is 4. The lowest BCUT2D eigenvalue weighted by molar-refractivity contribution is -0.110. The predicted molar refractivity (Wildman–Crippen MR) is 112 cm³/mol. The highest BCUT2D eigenvalue weighted by molar-refractivity contribution is 6.35. The average Bonchev–Trinajstić information content (AvgIpc) is 3.34. The normalized spacial score (nSPS) is 15.1. The van der Waals surface area contributed by atoms with Crippen molar-refractivity contribution in [2.24, 2.45) is 0 Å². The van der Waals surface area contributed by atoms with E-state index < -0.39 is 6.04 Å². The minimum Gasteiger partial charge on any atom is -0.394 e. The second kappa shape index (κ2) is 7.95. The smallest absolute Gasteiger partial charge is 0.256 e. The molecule has 0 unspecified atom stereocenters. The molecule has 0 saturated carbocycles. The number of aliphatic hydroxyl groups excluding tert-OH is 1. The summed E-state index contributed by atoms with van der Waals surface area (Å²) < 4.78 is 0. The molecular formula is C22H18ClN3O3. The van der Waals surface area contributed by atoms with Gasteiger partial charge in [0.1, 0.15) is 0 Å². The van der Waals surface area contributed by atoms with E-state index in [9.17, 15) is 14.7 Å². The standard InChI is InChI=1S/C22H18ClN3O3/c23-15-6-3-13(4-7-15)20(12-27)26-21(28)14-5-8-19-17(10-14)18(22(29)25-19)11-16-2-1-9-24-16/h1-11,20,24,27H,12H2,(H,25,29)(H,26,28)/b18-11-/t20-/m1/s1. The largest absolute Gasteiger partial charge is 0.394 e. The summed E-state index contributed by atoms with van der Waals surface area (Å²) in [6.45, 7) is -0.254. The summed E-state index contributed by atoms with van der Waals surface area (Å²) in [4.78, 5) is 28.2. The van der Waals surface area contributed by atoms with Crippen LogP contribution in [0.1, 0.15) is 33.2 Å². The first-order valence-electron chi connectivity index (χ1n) is 9.03. The van der Waals surface area contributed by atoms with Crippen molar-refractivity contribution < 1.29 is 14.7 Å². The number of H-pyrrole nitrogens is 1. The molecule has 2 amide bonds. The maximum atomic E-state index is 12.8. The van der Waals surface area contributed by atoms with Crippen LogP contribution in [0.15, 0.2) is 60.8 Å². The number of hydrogen-bond acceptors (Lipinski definition) is 3. The summed E-state index contributed by atoms with van der Waals surface area (Å²) in [5.41, 5.74) is 3.72. The summed E-state index contributed by atoms with van der Waals surface area (Å²) in [5.74, 6) is -0.568. The number of anilines is 1. The summed E-state index contributed by atoms with van der Waals surface area (Å²) in [6.07, 6.45) is 3.52. The number of fused-ring (bicyclic) bond motifs is 1. The van der Waals surface area contributed by atoms with Crippen LogP contribution in [0.5, 0.6) is 0 Å². The quantitative estimate of drug-likeness (QED) is 0.486. The van der Waals surface area contributed by atoms with Gasteiger partial charge in [0.05, 0.1) is 18.2 Å². The van der Waals surface area contributed by atoms with Gasteiger partial charge in [-0.05, 0) is 54.1 Å². The summed E-state index contributed by atoms with van der Waals surface area (Å²) >= 11 is 5.90. The first kappa shape index (κ1) is 19.0. The number of carbonyl (C=O) groups excluding carboxylic acids is 2. The maximum Gasteiger partial charge on any atom is 0.256 e. The summed E-state index contributed by atoms with van der Waals surface area (Å²) in [5, 5.41) is 15.9. The Morgan fingerprint density at radius 3 is 2.66 bits per heavy atom. The van der Waals surface area contributed by atoms with Crippen molar-refractivity contribution >= 4 is 40.8 Å². The zero-order valence-electron chi connectivity index (χ0n) is 15.3. The first-order chi connectivity index (χ1) is 14.0. The van der Waals surface area contributed by atoms with E-state index in [1.165, 1.54) is 0 Å². The minimum atomic E-state index is -0.568. The van der Waals surface area contributed by atoms with Gasteiger partial charge in [-0.15, -0.1) is 0 Å². The molecule has 0 saturated heterocycles. The number of benzene rings is 2. The van der Waals surface area contributed by atoms with E-state index in [-0.39, 0.29) is 18.4 Å². The Morgan fingerprint density at radius 2 is 1.97 bits per heavy atom. The zero-order valence-corrected chi connectivity index (χ0v) is 16.0. The summed E-state index contributed by atoms with van der Waals surface area (Å²) in [6, 6.07) is 15.1. The lowest BCUT2D eigenvalue weighted by Crippen LogP contribution is -2.30. The van der Waals surface area contributed by atoms with Gasteiger partial charge in [0, 0.05) is 33.7 Å². The second-order valence-corrected chi connectivity index (χ2v) is 7.09. The molecule has 1 aliphatic rings. The van der Waals surface area contributed by atoms with Crippen molar-refractivity contribution in [3.8, 4) is 0 Å². The molecule has 1 aliphatic heterocycles. The molecule has 0 fully saturated rings. The van der Waals surface area contributed by atoms with Crippen LogP contribution in [0, 0.1) is 0 Å². The molecule has 4 rings (SSSR count). The Bertz CT molecular complexity index is 1090. The SMILES string of the molecule is O=C1Nc2ccc(C(=O)N[C@H](CO)c3ccc(Cl)cc3)cc2/C1=C/c1ccc[nH]1. The van der Waals surface area contributed by atoms with Gasteiger partial charge in [0.2, 0.25) is 0 Å². The fourth-order valence-corrected chi connectivity index (χ4v) is 3.36. The molecular weight excluding hydrogens is 390 g/mol. The van der Waals surface area contributed by atoms with E-state index in [1.54, 1.807) is 54.7 Å². The van der Waals surface area contributed by atoms with E-state index in [0.717, 1.165) is 11.3 Å². The third kappa shape index (κ3) is 3.94. The van der Waals surface area contributed by atoms with Crippen LogP contribution >= 0.6 is 11.6 Å². The van der Waals surface area contributed by atoms with Gasteiger partial charge in [-0.3, -0.25) is 9.59 Å². The van der Waals surface area contributed by atoms with E-state index in [2.05, 4.69) is 15.6 Å². The van der Waals surface area contributed by atoms with Crippen molar-refractivity contribution in [1.82, 2.24) is 10.3 Å². The van der Waals surface area contributed by atoms with Crippen LogP contribution in [0.2, 0.25) is 5.02 Å². The average molecular weight is 408 g/mol. The van der Waals surface area contributed by atoms with Crippen LogP contribution in [0.25, 0.3) is 11.6 Å². The van der Waals surface area contributed by atoms with E-state index in [4.69, 9.17) is 11.6 Å². The highest BCUT2D eigenvalue weighted by Crippen LogP contribution is 2.33. The van der Waals surface area contributed by atoms with E-state index in [0.29, 0.717) is 27.4 Å². The first-order valence-corrected chi connectivity index (χ1v) is 9.41. The number of carbonyl (C=O) groups is 2. The number of aromatic nitrogens is 1. The number of rotatable bonds is 5. The Morgan fingerprint density at radius 1 is 1.17 bits per heavy atom. The topological polar surface area (TPSA) is 94.2 Å². The lowest BCUT2D eigenvalue weighted by atomic mass is 10.0. The molecule has 146 valence electrons. The molecule has 1 aromatic heterocycles. The number of aromatic amines is 1. The van der Waals surface area contributed by atoms with Gasteiger partial charge in [0.25, 0.3) is 11.8 Å². The Kier molecular flexibility index (Phi) is 5.20. The highest BCUT2D eigenvalue weighted by Gasteiger charge is 2.26. The molecule has 0 radical (unpaired) electrons. The molecule has 0 bridgehead atoms. The van der Waals surface area contributed by atoms with Crippen molar-refractivity contribution in [2.75, 3.05) is 11.9 Å². The van der Waals surface area contributed by atoms with E-state index in [1.807, 2.05) is 12.1 Å². The second-order valence-electron chi connectivity index (χ2n) is 6.66. The molecule has 29 heavy (non-hydrogen) atoms. The molecule has 0 spiro atoms. The molecule has 3 aromatic rings. The number of aliphatic hydroxyl groups is 1. The van der Waals surface area contributed by atoms with Gasteiger partial charge in [-0.1, -0.05) is 23.7 Å². The molecule has 0 aliphatic carbocycles. The predicted octanol–water partition coefficient (Wildman–Crippen LogP) is 3.62. The lowest BCUT2D eigenvalue weighted by Gasteiger charge is -2.17. The van der Waals surface area contributed by atoms with Gasteiger partial charge < -0.3 is 20.7 Å². The van der Waals surface area contributed by atoms with Crippen molar-refractivity contribution in [3.63, 3.8) is 0 Å². The monoisotopic (exact) mass is 407 g/mol. The van der Waals surface area contributed by atoms with Gasteiger partial charge in [-0.2, -0.15) is 0 Å². The number of amides is 2. The Labute approximate surface area is 172 Å². The highest BCUT2D eigenvalue weighted by atomic mass is 35.5. The number of halogens is 1. The Hall–Kier alpha value is -3.35. The van der Waals surface area contributed by atoms with Gasteiger partial charge in [-0.25, -0.2) is 0 Å². The molecule has 7 heteroatoms. The van der Waals surface area contributed by atoms with Crippen LogP contribution in [-0.2, 0) is 4.79 Å². The van der Waals surface area contributed by atoms with Crippen LogP contribution in [0.3, 0.4) is 0 Å². The summed E-state index contributed by atoms with van der Waals surface area (Å²) in [7, 11) is 0.